The molecule has 0 saturated carbocycles. The van der Waals surface area contributed by atoms with Crippen LogP contribution >= 0.6 is 0 Å². The zero-order chi connectivity index (χ0) is 9.90. The van der Waals surface area contributed by atoms with Gasteiger partial charge in [-0.2, -0.15) is 0 Å². The van der Waals surface area contributed by atoms with Crippen LogP contribution < -0.4 is 0 Å². The molecule has 13 heavy (non-hydrogen) atoms. The summed E-state index contributed by atoms with van der Waals surface area (Å²) < 4.78 is 0. The van der Waals surface area contributed by atoms with Gasteiger partial charge in [0.25, 0.3) is 0 Å². The minimum absolute atomic E-state index is 0.164. The standard InChI is InChI=1S/C11H19NO/c1-4-10(13)11(3,5-2)12-8-6-7-9-12/h4H,1,5-9H2,2-3H3. The van der Waals surface area contributed by atoms with Gasteiger partial charge in [0.2, 0.25) is 0 Å². The van der Waals surface area contributed by atoms with Crippen molar-refractivity contribution in [3.63, 3.8) is 0 Å². The number of carbonyl (C=O) groups is 1. The van der Waals surface area contributed by atoms with Crippen molar-refractivity contribution in [3.8, 4) is 0 Å². The Bertz CT molecular complexity index is 206. The van der Waals surface area contributed by atoms with E-state index in [1.165, 1.54) is 18.9 Å². The molecule has 1 saturated heterocycles. The molecule has 0 spiro atoms. The Hall–Kier alpha value is -0.630. The minimum atomic E-state index is -0.293. The molecular formula is C11H19NO. The maximum Gasteiger partial charge on any atom is 0.175 e. The molecule has 0 aliphatic carbocycles. The SMILES string of the molecule is C=CC(=O)C(C)(CC)N1CCCC1. The lowest BCUT2D eigenvalue weighted by atomic mass is 9.91. The fraction of sp³-hybridized carbons (Fsp3) is 0.727. The van der Waals surface area contributed by atoms with Crippen LogP contribution in [0.2, 0.25) is 0 Å². The largest absolute Gasteiger partial charge is 0.293 e. The third kappa shape index (κ3) is 1.83. The van der Waals surface area contributed by atoms with Crippen molar-refractivity contribution in [2.24, 2.45) is 0 Å². The van der Waals surface area contributed by atoms with Crippen molar-refractivity contribution >= 4 is 5.78 Å². The normalized spacial score (nSPS) is 22.6. The first-order chi connectivity index (χ1) is 6.15. The van der Waals surface area contributed by atoms with Crippen molar-refractivity contribution in [2.45, 2.75) is 38.6 Å². The lowest BCUT2D eigenvalue weighted by molar-refractivity contribution is -0.125. The van der Waals surface area contributed by atoms with E-state index in [1.54, 1.807) is 0 Å². The third-order valence-corrected chi connectivity index (χ3v) is 3.21. The molecule has 74 valence electrons. The Kier molecular flexibility index (Phi) is 3.26. The molecule has 1 atom stereocenters. The van der Waals surface area contributed by atoms with Gasteiger partial charge in [-0.3, -0.25) is 9.69 Å². The van der Waals surface area contributed by atoms with Gasteiger partial charge in [0.1, 0.15) is 0 Å². The Morgan fingerprint density at radius 3 is 2.46 bits per heavy atom. The average molecular weight is 181 g/mol. The van der Waals surface area contributed by atoms with E-state index in [-0.39, 0.29) is 11.3 Å². The van der Waals surface area contributed by atoms with Crippen molar-refractivity contribution < 1.29 is 4.79 Å². The van der Waals surface area contributed by atoms with E-state index < -0.39 is 0 Å². The van der Waals surface area contributed by atoms with Gasteiger partial charge < -0.3 is 0 Å². The number of hydrogen-bond acceptors (Lipinski definition) is 2. The lowest BCUT2D eigenvalue weighted by Gasteiger charge is -2.35. The fourth-order valence-corrected chi connectivity index (χ4v) is 1.98. The topological polar surface area (TPSA) is 20.3 Å². The van der Waals surface area contributed by atoms with Crippen LogP contribution in [0.1, 0.15) is 33.1 Å². The highest BCUT2D eigenvalue weighted by Gasteiger charge is 2.36. The number of hydrogen-bond donors (Lipinski definition) is 0. The molecule has 2 heteroatoms. The highest BCUT2D eigenvalue weighted by molar-refractivity contribution is 5.97. The minimum Gasteiger partial charge on any atom is -0.293 e. The smallest absolute Gasteiger partial charge is 0.175 e. The predicted octanol–water partition coefficient (Wildman–Crippen LogP) is 2.01. The van der Waals surface area contributed by atoms with Gasteiger partial charge in [0.05, 0.1) is 5.54 Å². The second-order valence-corrected chi connectivity index (χ2v) is 3.89. The van der Waals surface area contributed by atoms with Gasteiger partial charge >= 0.3 is 0 Å². The van der Waals surface area contributed by atoms with E-state index in [0.717, 1.165) is 19.5 Å². The van der Waals surface area contributed by atoms with Crippen molar-refractivity contribution in [1.82, 2.24) is 4.90 Å². The summed E-state index contributed by atoms with van der Waals surface area (Å²) in [6.07, 6.45) is 4.78. The quantitative estimate of drug-likeness (QED) is 0.618. The molecule has 0 radical (unpaired) electrons. The van der Waals surface area contributed by atoms with Crippen molar-refractivity contribution in [2.75, 3.05) is 13.1 Å². The Morgan fingerprint density at radius 1 is 1.54 bits per heavy atom. The van der Waals surface area contributed by atoms with Gasteiger partial charge in [0, 0.05) is 0 Å². The van der Waals surface area contributed by atoms with Crippen LogP contribution in [0.15, 0.2) is 12.7 Å². The molecule has 2 nitrogen and oxygen atoms in total. The van der Waals surface area contributed by atoms with Crippen LogP contribution in [0, 0.1) is 0 Å². The Labute approximate surface area is 80.6 Å². The molecular weight excluding hydrogens is 162 g/mol. The van der Waals surface area contributed by atoms with Gasteiger partial charge in [-0.15, -0.1) is 0 Å². The summed E-state index contributed by atoms with van der Waals surface area (Å²) in [7, 11) is 0. The monoisotopic (exact) mass is 181 g/mol. The number of likely N-dealkylation sites (tertiary alicyclic amines) is 1. The first-order valence-corrected chi connectivity index (χ1v) is 5.07. The first-order valence-electron chi connectivity index (χ1n) is 5.07. The second-order valence-electron chi connectivity index (χ2n) is 3.89. The zero-order valence-corrected chi connectivity index (χ0v) is 8.68. The number of rotatable bonds is 4. The van der Waals surface area contributed by atoms with Gasteiger partial charge in [-0.05, 0) is 45.4 Å². The van der Waals surface area contributed by atoms with Crippen molar-refractivity contribution in [1.29, 1.82) is 0 Å². The number of nitrogens with zero attached hydrogens (tertiary/aromatic N) is 1. The summed E-state index contributed by atoms with van der Waals surface area (Å²) in [6, 6.07) is 0. The van der Waals surface area contributed by atoms with Crippen LogP contribution in [-0.2, 0) is 4.79 Å². The fourth-order valence-electron chi connectivity index (χ4n) is 1.98. The molecule has 0 aromatic carbocycles. The van der Waals surface area contributed by atoms with Gasteiger partial charge in [-0.1, -0.05) is 13.5 Å². The van der Waals surface area contributed by atoms with E-state index in [9.17, 15) is 4.79 Å². The molecule has 0 bridgehead atoms. The molecule has 0 amide bonds. The Balaban J connectivity index is 2.77. The second kappa shape index (κ2) is 4.05. The summed E-state index contributed by atoms with van der Waals surface area (Å²) in [6.45, 7) is 9.79. The predicted molar refractivity (Wildman–Crippen MR) is 54.7 cm³/mol. The third-order valence-electron chi connectivity index (χ3n) is 3.21. The van der Waals surface area contributed by atoms with E-state index in [0.29, 0.717) is 0 Å². The highest BCUT2D eigenvalue weighted by atomic mass is 16.1. The molecule has 1 aliphatic rings. The molecule has 0 N–H and O–H groups in total. The number of carbonyl (C=O) groups excluding carboxylic acids is 1. The van der Waals surface area contributed by atoms with E-state index in [4.69, 9.17) is 0 Å². The zero-order valence-electron chi connectivity index (χ0n) is 8.68. The molecule has 0 aromatic heterocycles. The maximum absolute atomic E-state index is 11.7. The lowest BCUT2D eigenvalue weighted by Crippen LogP contribution is -2.49. The van der Waals surface area contributed by atoms with Crippen molar-refractivity contribution in [3.05, 3.63) is 12.7 Å². The highest BCUT2D eigenvalue weighted by Crippen LogP contribution is 2.25. The maximum atomic E-state index is 11.7. The van der Waals surface area contributed by atoms with Gasteiger partial charge in [0.15, 0.2) is 5.78 Å². The molecule has 1 aliphatic heterocycles. The summed E-state index contributed by atoms with van der Waals surface area (Å²) in [5.74, 6) is 0.164. The molecule has 1 unspecified atom stereocenters. The number of ketones is 1. The van der Waals surface area contributed by atoms with Gasteiger partial charge in [-0.25, -0.2) is 0 Å². The van der Waals surface area contributed by atoms with Crippen LogP contribution in [-0.4, -0.2) is 29.3 Å². The molecule has 1 fully saturated rings. The van der Waals surface area contributed by atoms with E-state index in [2.05, 4.69) is 18.4 Å². The first kappa shape index (κ1) is 10.5. The summed E-state index contributed by atoms with van der Waals surface area (Å²) in [5.41, 5.74) is -0.293. The van der Waals surface area contributed by atoms with Crippen LogP contribution in [0.25, 0.3) is 0 Å². The Morgan fingerprint density at radius 2 is 2.08 bits per heavy atom. The average Bonchev–Trinajstić information content (AvgIpc) is 2.68. The summed E-state index contributed by atoms with van der Waals surface area (Å²) >= 11 is 0. The molecule has 1 rings (SSSR count). The summed E-state index contributed by atoms with van der Waals surface area (Å²) in [5, 5.41) is 0. The van der Waals surface area contributed by atoms with Crippen LogP contribution in [0.5, 0.6) is 0 Å². The summed E-state index contributed by atoms with van der Waals surface area (Å²) in [4.78, 5) is 14.0. The van der Waals surface area contributed by atoms with E-state index in [1.807, 2.05) is 6.92 Å². The van der Waals surface area contributed by atoms with Crippen LogP contribution in [0.3, 0.4) is 0 Å². The molecule has 1 heterocycles. The van der Waals surface area contributed by atoms with E-state index >= 15 is 0 Å². The molecule has 0 aromatic rings. The van der Waals surface area contributed by atoms with Crippen LogP contribution in [0.4, 0.5) is 0 Å².